The average Bonchev–Trinajstić information content (AvgIpc) is 2.85. The van der Waals surface area contributed by atoms with E-state index >= 15 is 0 Å². The van der Waals surface area contributed by atoms with Crippen LogP contribution in [0.5, 0.6) is 0 Å². The van der Waals surface area contributed by atoms with Crippen LogP contribution in [0.1, 0.15) is 24.9 Å². The molecule has 3 aromatic rings. The highest BCUT2D eigenvalue weighted by Gasteiger charge is 2.32. The molecule has 0 N–H and O–H groups in total. The number of aromatic nitrogens is 3. The highest BCUT2D eigenvalue weighted by molar-refractivity contribution is 6.30. The molecule has 0 spiro atoms. The van der Waals surface area contributed by atoms with Gasteiger partial charge in [-0.25, -0.2) is 9.48 Å². The molecule has 0 aliphatic carbocycles. The van der Waals surface area contributed by atoms with E-state index in [-0.39, 0.29) is 30.4 Å². The van der Waals surface area contributed by atoms with Crippen molar-refractivity contribution in [2.45, 2.75) is 25.9 Å². The van der Waals surface area contributed by atoms with E-state index in [0.29, 0.717) is 48.7 Å². The van der Waals surface area contributed by atoms with Crippen molar-refractivity contribution in [2.75, 3.05) is 32.8 Å². The van der Waals surface area contributed by atoms with Gasteiger partial charge < -0.3 is 9.64 Å². The minimum Gasteiger partial charge on any atom is -0.465 e. The maximum atomic E-state index is 12.8. The number of carbonyl (C=O) groups is 2. The Hall–Kier alpha value is -3.30. The summed E-state index contributed by atoms with van der Waals surface area (Å²) in [5.74, 6) is -0.389. The van der Waals surface area contributed by atoms with Gasteiger partial charge in [-0.15, -0.1) is 5.10 Å². The molecule has 1 amide bonds. The van der Waals surface area contributed by atoms with E-state index in [1.165, 1.54) is 4.68 Å². The molecular weight excluding hydrogens is 458 g/mol. The van der Waals surface area contributed by atoms with Crippen molar-refractivity contribution < 1.29 is 14.3 Å². The van der Waals surface area contributed by atoms with Crippen LogP contribution in [0, 0.1) is 0 Å². The van der Waals surface area contributed by atoms with Crippen molar-refractivity contribution >= 4 is 34.4 Å². The van der Waals surface area contributed by atoms with Crippen LogP contribution in [0.3, 0.4) is 0 Å². The summed E-state index contributed by atoms with van der Waals surface area (Å²) < 4.78 is 6.54. The van der Waals surface area contributed by atoms with E-state index in [1.54, 1.807) is 48.2 Å². The first-order chi connectivity index (χ1) is 16.5. The van der Waals surface area contributed by atoms with Gasteiger partial charge in [0.25, 0.3) is 5.56 Å². The Kier molecular flexibility index (Phi) is 7.54. The Morgan fingerprint density at radius 2 is 1.76 bits per heavy atom. The molecule has 1 fully saturated rings. The number of halogens is 1. The zero-order chi connectivity index (χ0) is 24.1. The predicted octanol–water partition coefficient (Wildman–Crippen LogP) is 2.28. The quantitative estimate of drug-likeness (QED) is 0.475. The lowest BCUT2D eigenvalue weighted by atomic mass is 10.0. The van der Waals surface area contributed by atoms with Crippen LogP contribution in [-0.2, 0) is 20.9 Å². The fourth-order valence-corrected chi connectivity index (χ4v) is 4.25. The molecular formula is C24H26ClN5O4. The van der Waals surface area contributed by atoms with Gasteiger partial charge in [0.05, 0.1) is 18.5 Å². The summed E-state index contributed by atoms with van der Waals surface area (Å²) in [7, 11) is 0. The molecule has 0 bridgehead atoms. The molecule has 0 radical (unpaired) electrons. The Bertz CT molecular complexity index is 1220. The Morgan fingerprint density at radius 1 is 1.06 bits per heavy atom. The lowest BCUT2D eigenvalue weighted by molar-refractivity contribution is -0.151. The number of rotatable bonds is 7. The van der Waals surface area contributed by atoms with Crippen molar-refractivity contribution in [2.24, 2.45) is 0 Å². The van der Waals surface area contributed by atoms with E-state index in [1.807, 2.05) is 17.0 Å². The summed E-state index contributed by atoms with van der Waals surface area (Å²) >= 11 is 6.01. The number of aryl methyl sites for hydroxylation is 1. The summed E-state index contributed by atoms with van der Waals surface area (Å²) in [5.41, 5.74) is 1.07. The van der Waals surface area contributed by atoms with Crippen LogP contribution in [0.4, 0.5) is 0 Å². The molecule has 1 aliphatic rings. The average molecular weight is 484 g/mol. The fraction of sp³-hybridized carbons (Fsp3) is 0.375. The molecule has 1 aliphatic heterocycles. The molecule has 1 saturated heterocycles. The van der Waals surface area contributed by atoms with Gasteiger partial charge in [0.1, 0.15) is 11.6 Å². The number of hydrogen-bond acceptors (Lipinski definition) is 7. The number of benzene rings is 2. The predicted molar refractivity (Wildman–Crippen MR) is 127 cm³/mol. The zero-order valence-corrected chi connectivity index (χ0v) is 19.6. The number of esters is 1. The third-order valence-electron chi connectivity index (χ3n) is 5.89. The molecule has 2 aromatic carbocycles. The summed E-state index contributed by atoms with van der Waals surface area (Å²) in [5, 5.41) is 9.08. The highest BCUT2D eigenvalue weighted by atomic mass is 35.5. The van der Waals surface area contributed by atoms with E-state index in [9.17, 15) is 14.4 Å². The lowest BCUT2D eigenvalue weighted by Gasteiger charge is -2.38. The number of hydrogen-bond donors (Lipinski definition) is 0. The van der Waals surface area contributed by atoms with Gasteiger partial charge in [0.2, 0.25) is 5.91 Å². The number of ether oxygens (including phenoxy) is 1. The molecule has 0 saturated carbocycles. The van der Waals surface area contributed by atoms with E-state index in [0.717, 1.165) is 5.56 Å². The molecule has 1 aromatic heterocycles. The smallest absolute Gasteiger partial charge is 0.328 e. The minimum atomic E-state index is -0.555. The van der Waals surface area contributed by atoms with Gasteiger partial charge in [-0.05, 0) is 36.8 Å². The summed E-state index contributed by atoms with van der Waals surface area (Å²) in [6, 6.07) is 13.6. The number of piperazine rings is 1. The van der Waals surface area contributed by atoms with Crippen LogP contribution in [0.25, 0.3) is 10.9 Å². The summed E-state index contributed by atoms with van der Waals surface area (Å²) in [4.78, 5) is 41.9. The topological polar surface area (TPSA) is 97.6 Å². The molecule has 0 unspecified atom stereocenters. The van der Waals surface area contributed by atoms with Crippen LogP contribution < -0.4 is 5.56 Å². The van der Waals surface area contributed by atoms with Crippen molar-refractivity contribution in [3.8, 4) is 0 Å². The van der Waals surface area contributed by atoms with Crippen LogP contribution in [-0.4, -0.2) is 69.5 Å². The fourth-order valence-electron chi connectivity index (χ4n) is 4.12. The van der Waals surface area contributed by atoms with Crippen molar-refractivity contribution in [3.63, 3.8) is 0 Å². The first-order valence-electron chi connectivity index (χ1n) is 11.2. The van der Waals surface area contributed by atoms with E-state index in [2.05, 4.69) is 10.3 Å². The monoisotopic (exact) mass is 483 g/mol. The van der Waals surface area contributed by atoms with Crippen LogP contribution in [0.2, 0.25) is 5.02 Å². The third kappa shape index (κ3) is 5.26. The SMILES string of the molecule is CCOC(=O)[C@H](c1ccc(Cl)cc1)N1CCN(C(=O)CCn2nnc3ccccc3c2=O)CC1. The van der Waals surface area contributed by atoms with Gasteiger partial charge >= 0.3 is 5.97 Å². The van der Waals surface area contributed by atoms with Gasteiger partial charge in [0.15, 0.2) is 0 Å². The van der Waals surface area contributed by atoms with Gasteiger partial charge in [-0.3, -0.25) is 14.5 Å². The molecule has 10 heteroatoms. The normalized spacial score (nSPS) is 15.3. The number of nitrogens with zero attached hydrogens (tertiary/aromatic N) is 5. The second kappa shape index (κ2) is 10.8. The third-order valence-corrected chi connectivity index (χ3v) is 6.15. The van der Waals surface area contributed by atoms with E-state index in [4.69, 9.17) is 16.3 Å². The van der Waals surface area contributed by atoms with Crippen LogP contribution in [0.15, 0.2) is 53.3 Å². The molecule has 1 atom stereocenters. The molecule has 4 rings (SSSR count). The molecule has 2 heterocycles. The summed E-state index contributed by atoms with van der Waals surface area (Å²) in [6.45, 7) is 4.21. The Morgan fingerprint density at radius 3 is 2.47 bits per heavy atom. The van der Waals surface area contributed by atoms with Crippen LogP contribution >= 0.6 is 11.6 Å². The molecule has 9 nitrogen and oxygen atoms in total. The van der Waals surface area contributed by atoms with Crippen molar-refractivity contribution in [3.05, 3.63) is 69.5 Å². The maximum Gasteiger partial charge on any atom is 0.328 e. The molecule has 34 heavy (non-hydrogen) atoms. The highest BCUT2D eigenvalue weighted by Crippen LogP contribution is 2.25. The van der Waals surface area contributed by atoms with Crippen molar-refractivity contribution in [1.82, 2.24) is 24.8 Å². The largest absolute Gasteiger partial charge is 0.465 e. The number of fused-ring (bicyclic) bond motifs is 1. The standard InChI is InChI=1S/C24H26ClN5O4/c1-2-34-24(33)22(17-7-9-18(25)10-8-17)29-15-13-28(14-16-29)21(31)11-12-30-23(32)19-5-3-4-6-20(19)26-27-30/h3-10,22H,2,11-16H2,1H3/t22-/m0/s1. The minimum absolute atomic E-state index is 0.0688. The number of carbonyl (C=O) groups excluding carboxylic acids is 2. The van der Waals surface area contributed by atoms with E-state index < -0.39 is 6.04 Å². The second-order valence-electron chi connectivity index (χ2n) is 8.01. The first kappa shape index (κ1) is 23.8. The maximum absolute atomic E-state index is 12.8. The first-order valence-corrected chi connectivity index (χ1v) is 11.6. The zero-order valence-electron chi connectivity index (χ0n) is 18.9. The lowest BCUT2D eigenvalue weighted by Crippen LogP contribution is -2.51. The van der Waals surface area contributed by atoms with Gasteiger partial charge in [0, 0.05) is 37.6 Å². The summed E-state index contributed by atoms with van der Waals surface area (Å²) in [6.07, 6.45) is 0.144. The Balaban J connectivity index is 1.38. The van der Waals surface area contributed by atoms with Gasteiger partial charge in [-0.1, -0.05) is 41.1 Å². The van der Waals surface area contributed by atoms with Crippen molar-refractivity contribution in [1.29, 1.82) is 0 Å². The number of amides is 1. The second-order valence-corrected chi connectivity index (χ2v) is 8.44. The van der Waals surface area contributed by atoms with Gasteiger partial charge in [-0.2, -0.15) is 0 Å². The Labute approximate surface area is 201 Å². The molecule has 178 valence electrons.